The SMILES string of the molecule is CC(C)(C)OC(=O)n1cc(O)c(NS(O)(O)c2ccc(-c3ccccc3)cc2)c1. The van der Waals surface area contributed by atoms with Crippen molar-refractivity contribution in [1.29, 1.82) is 0 Å². The minimum absolute atomic E-state index is 0.00277. The molecule has 0 unspecified atom stereocenters. The van der Waals surface area contributed by atoms with Crippen molar-refractivity contribution in [2.75, 3.05) is 4.72 Å². The summed E-state index contributed by atoms with van der Waals surface area (Å²) in [6.45, 7) is 5.18. The van der Waals surface area contributed by atoms with E-state index < -0.39 is 22.5 Å². The summed E-state index contributed by atoms with van der Waals surface area (Å²) >= 11 is 0. The molecular weight excluding hydrogens is 392 g/mol. The van der Waals surface area contributed by atoms with Crippen molar-refractivity contribution < 1.29 is 23.7 Å². The fraction of sp³-hybridized carbons (Fsp3) is 0.190. The summed E-state index contributed by atoms with van der Waals surface area (Å²) in [5.41, 5.74) is 1.25. The Kier molecular flexibility index (Phi) is 5.61. The van der Waals surface area contributed by atoms with Gasteiger partial charge in [-0.2, -0.15) is 0 Å². The first-order valence-electron chi connectivity index (χ1n) is 8.91. The highest BCUT2D eigenvalue weighted by Crippen LogP contribution is 2.49. The van der Waals surface area contributed by atoms with Gasteiger partial charge in [0.25, 0.3) is 0 Å². The Morgan fingerprint density at radius 3 is 2.14 bits per heavy atom. The number of hydrogen-bond donors (Lipinski definition) is 4. The van der Waals surface area contributed by atoms with E-state index in [2.05, 4.69) is 4.72 Å². The van der Waals surface area contributed by atoms with Crippen LogP contribution in [0.4, 0.5) is 10.5 Å². The molecule has 8 heteroatoms. The van der Waals surface area contributed by atoms with Gasteiger partial charge in [0, 0.05) is 6.20 Å². The number of hydrogen-bond acceptors (Lipinski definition) is 6. The second-order valence-corrected chi connectivity index (χ2v) is 9.26. The van der Waals surface area contributed by atoms with Gasteiger partial charge in [-0.25, -0.2) is 4.79 Å². The molecule has 3 rings (SSSR count). The van der Waals surface area contributed by atoms with Crippen LogP contribution in [0.2, 0.25) is 0 Å². The molecule has 0 bridgehead atoms. The van der Waals surface area contributed by atoms with Gasteiger partial charge in [-0.05, 0) is 44.0 Å². The van der Waals surface area contributed by atoms with E-state index >= 15 is 0 Å². The lowest BCUT2D eigenvalue weighted by molar-refractivity contribution is 0.0536. The number of rotatable bonds is 4. The highest BCUT2D eigenvalue weighted by molar-refractivity contribution is 8.25. The van der Waals surface area contributed by atoms with Gasteiger partial charge >= 0.3 is 6.09 Å². The number of ether oxygens (including phenoxy) is 1. The van der Waals surface area contributed by atoms with E-state index in [1.54, 1.807) is 45.0 Å². The Morgan fingerprint density at radius 2 is 1.55 bits per heavy atom. The molecule has 0 aliphatic rings. The summed E-state index contributed by atoms with van der Waals surface area (Å²) in [7, 11) is -3.46. The van der Waals surface area contributed by atoms with Crippen LogP contribution in [0.15, 0.2) is 71.9 Å². The molecule has 0 spiro atoms. The first kappa shape index (κ1) is 20.8. The number of benzene rings is 2. The van der Waals surface area contributed by atoms with Crippen LogP contribution in [-0.2, 0) is 4.74 Å². The van der Waals surface area contributed by atoms with Gasteiger partial charge in [0.05, 0.1) is 11.1 Å². The van der Waals surface area contributed by atoms with E-state index in [9.17, 15) is 19.0 Å². The van der Waals surface area contributed by atoms with E-state index in [-0.39, 0.29) is 16.3 Å². The monoisotopic (exact) mass is 416 g/mol. The van der Waals surface area contributed by atoms with Crippen molar-refractivity contribution in [3.8, 4) is 16.9 Å². The largest absolute Gasteiger partial charge is 0.504 e. The number of aromatic nitrogens is 1. The summed E-state index contributed by atoms with van der Waals surface area (Å²) in [6, 6.07) is 16.5. The Labute approximate surface area is 171 Å². The normalized spacial score (nSPS) is 12.4. The zero-order valence-corrected chi connectivity index (χ0v) is 17.2. The molecule has 0 aliphatic heterocycles. The van der Waals surface area contributed by atoms with Crippen LogP contribution in [-0.4, -0.2) is 30.5 Å². The van der Waals surface area contributed by atoms with Crippen LogP contribution in [0, 0.1) is 0 Å². The van der Waals surface area contributed by atoms with Crippen LogP contribution in [0.3, 0.4) is 0 Å². The van der Waals surface area contributed by atoms with Gasteiger partial charge in [0.1, 0.15) is 11.3 Å². The zero-order valence-electron chi connectivity index (χ0n) is 16.4. The van der Waals surface area contributed by atoms with Crippen LogP contribution in [0.25, 0.3) is 11.1 Å². The molecule has 0 saturated heterocycles. The van der Waals surface area contributed by atoms with Crippen molar-refractivity contribution in [1.82, 2.24) is 4.57 Å². The summed E-state index contributed by atoms with van der Waals surface area (Å²) in [5.74, 6) is -0.309. The number of carbonyl (C=O) groups is 1. The maximum atomic E-state index is 12.1. The van der Waals surface area contributed by atoms with Gasteiger partial charge < -0.3 is 9.84 Å². The second-order valence-electron chi connectivity index (χ2n) is 7.49. The lowest BCUT2D eigenvalue weighted by Gasteiger charge is -2.33. The smallest absolute Gasteiger partial charge is 0.418 e. The molecule has 0 saturated carbocycles. The van der Waals surface area contributed by atoms with Gasteiger partial charge in [0.2, 0.25) is 0 Å². The summed E-state index contributed by atoms with van der Waals surface area (Å²) < 4.78 is 29.9. The van der Waals surface area contributed by atoms with Crippen LogP contribution < -0.4 is 4.72 Å². The first-order valence-corrected chi connectivity index (χ1v) is 10.5. The molecule has 0 amide bonds. The van der Waals surface area contributed by atoms with Crippen LogP contribution in [0.1, 0.15) is 20.8 Å². The predicted molar refractivity (Wildman–Crippen MR) is 114 cm³/mol. The second kappa shape index (κ2) is 7.82. The molecule has 2 aromatic carbocycles. The zero-order chi connectivity index (χ0) is 21.2. The molecule has 0 aliphatic carbocycles. The molecule has 4 N–H and O–H groups in total. The number of nitrogens with one attached hydrogen (secondary N) is 1. The van der Waals surface area contributed by atoms with Crippen LogP contribution in [0.5, 0.6) is 5.75 Å². The Morgan fingerprint density at radius 1 is 0.966 bits per heavy atom. The van der Waals surface area contributed by atoms with Crippen LogP contribution >= 0.6 is 10.8 Å². The fourth-order valence-electron chi connectivity index (χ4n) is 2.62. The fourth-order valence-corrected chi connectivity index (χ4v) is 3.72. The minimum Gasteiger partial charge on any atom is -0.504 e. The Hall–Kier alpha value is -2.94. The predicted octanol–water partition coefficient (Wildman–Crippen LogP) is 5.78. The third kappa shape index (κ3) is 5.11. The van der Waals surface area contributed by atoms with Crippen molar-refractivity contribution >= 4 is 22.6 Å². The maximum absolute atomic E-state index is 12.1. The Bertz CT molecular complexity index is 992. The third-order valence-corrected chi connectivity index (χ3v) is 5.39. The highest BCUT2D eigenvalue weighted by Gasteiger charge is 2.22. The average Bonchev–Trinajstić information content (AvgIpc) is 3.01. The van der Waals surface area contributed by atoms with Gasteiger partial charge in [-0.15, -0.1) is 0 Å². The van der Waals surface area contributed by atoms with E-state index in [4.69, 9.17) is 4.74 Å². The molecule has 154 valence electrons. The number of aromatic hydroxyl groups is 1. The van der Waals surface area contributed by atoms with Gasteiger partial charge in [-0.3, -0.25) is 18.4 Å². The Balaban J connectivity index is 1.78. The van der Waals surface area contributed by atoms with E-state index in [0.29, 0.717) is 0 Å². The molecular formula is C21H24N2O5S. The van der Waals surface area contributed by atoms with Crippen molar-refractivity contribution in [2.45, 2.75) is 31.3 Å². The van der Waals surface area contributed by atoms with E-state index in [0.717, 1.165) is 21.9 Å². The molecule has 1 heterocycles. The lowest BCUT2D eigenvalue weighted by Crippen LogP contribution is -2.26. The van der Waals surface area contributed by atoms with Gasteiger partial charge in [-0.1, -0.05) is 53.2 Å². The number of anilines is 1. The maximum Gasteiger partial charge on any atom is 0.418 e. The summed E-state index contributed by atoms with van der Waals surface area (Å²) in [6.07, 6.45) is 1.70. The highest BCUT2D eigenvalue weighted by atomic mass is 32.3. The lowest BCUT2D eigenvalue weighted by atomic mass is 10.1. The number of carbonyl (C=O) groups excluding carboxylic acids is 1. The average molecular weight is 416 g/mol. The topological polar surface area (TPSA) is 104 Å². The third-order valence-electron chi connectivity index (χ3n) is 3.95. The number of nitrogens with zero attached hydrogens (tertiary/aromatic N) is 1. The summed E-state index contributed by atoms with van der Waals surface area (Å²) in [5, 5.41) is 10.1. The molecule has 0 atom stereocenters. The van der Waals surface area contributed by atoms with Crippen molar-refractivity contribution in [2.24, 2.45) is 0 Å². The molecule has 29 heavy (non-hydrogen) atoms. The standard InChI is InChI=1S/C21H24N2O5S/c1-21(2,3)28-20(25)23-13-18(19(24)14-23)22-29(26,27)17-11-9-16(10-12-17)15-7-5-4-6-8-15/h4-14,22,24,26-27H,1-3H3. The first-order chi connectivity index (χ1) is 13.5. The van der Waals surface area contributed by atoms with Crippen molar-refractivity contribution in [3.63, 3.8) is 0 Å². The van der Waals surface area contributed by atoms with E-state index in [1.165, 1.54) is 6.20 Å². The van der Waals surface area contributed by atoms with E-state index in [1.807, 2.05) is 30.3 Å². The van der Waals surface area contributed by atoms with Crippen molar-refractivity contribution in [3.05, 3.63) is 67.0 Å². The summed E-state index contributed by atoms with van der Waals surface area (Å²) in [4.78, 5) is 12.4. The quantitative estimate of drug-likeness (QED) is 0.430. The molecule has 0 radical (unpaired) electrons. The molecule has 7 nitrogen and oxygen atoms in total. The molecule has 0 fully saturated rings. The van der Waals surface area contributed by atoms with Gasteiger partial charge in [0.15, 0.2) is 5.75 Å². The molecule has 1 aromatic heterocycles. The molecule has 3 aromatic rings. The minimum atomic E-state index is -3.46.